The standard InChI is InChI=1S/C17H27N3O/c1-10-15(17(21-3)20(2)19-10)9-18-16-13-5-11-4-12(7-13)8-14(16)6-11/h11-14,16,18H,4-9H2,1-3H3. The zero-order valence-electron chi connectivity index (χ0n) is 13.4. The van der Waals surface area contributed by atoms with Crippen molar-refractivity contribution in [3.05, 3.63) is 11.3 Å². The summed E-state index contributed by atoms with van der Waals surface area (Å²) in [4.78, 5) is 0. The first-order valence-electron chi connectivity index (χ1n) is 8.45. The van der Waals surface area contributed by atoms with Crippen molar-refractivity contribution in [2.75, 3.05) is 7.11 Å². The van der Waals surface area contributed by atoms with Crippen molar-refractivity contribution in [1.82, 2.24) is 15.1 Å². The van der Waals surface area contributed by atoms with Crippen molar-refractivity contribution >= 4 is 0 Å². The Morgan fingerprint density at radius 1 is 1.14 bits per heavy atom. The Labute approximate surface area is 127 Å². The molecule has 1 N–H and O–H groups in total. The largest absolute Gasteiger partial charge is 0.481 e. The van der Waals surface area contributed by atoms with E-state index < -0.39 is 0 Å². The maximum Gasteiger partial charge on any atom is 0.216 e. The molecule has 4 aliphatic carbocycles. The molecule has 4 heteroatoms. The highest BCUT2D eigenvalue weighted by Gasteiger charge is 2.47. The van der Waals surface area contributed by atoms with Crippen LogP contribution in [-0.2, 0) is 13.6 Å². The first-order valence-corrected chi connectivity index (χ1v) is 8.45. The van der Waals surface area contributed by atoms with Gasteiger partial charge in [-0.25, -0.2) is 4.68 Å². The van der Waals surface area contributed by atoms with E-state index in [9.17, 15) is 0 Å². The average Bonchev–Trinajstić information content (AvgIpc) is 2.71. The number of hydrogen-bond donors (Lipinski definition) is 1. The molecular weight excluding hydrogens is 262 g/mol. The van der Waals surface area contributed by atoms with Crippen LogP contribution in [0.25, 0.3) is 0 Å². The van der Waals surface area contributed by atoms with E-state index in [0.717, 1.165) is 47.8 Å². The van der Waals surface area contributed by atoms with Crippen molar-refractivity contribution in [3.8, 4) is 5.88 Å². The van der Waals surface area contributed by atoms with Crippen LogP contribution in [-0.4, -0.2) is 22.9 Å². The molecule has 4 saturated carbocycles. The normalized spacial score (nSPS) is 37.2. The molecule has 1 aromatic rings. The predicted molar refractivity (Wildman–Crippen MR) is 82.2 cm³/mol. The van der Waals surface area contributed by atoms with Gasteiger partial charge in [-0.15, -0.1) is 0 Å². The minimum atomic E-state index is 0.724. The summed E-state index contributed by atoms with van der Waals surface area (Å²) < 4.78 is 7.37. The lowest BCUT2D eigenvalue weighted by Gasteiger charge is -2.54. The van der Waals surface area contributed by atoms with Gasteiger partial charge >= 0.3 is 0 Å². The van der Waals surface area contributed by atoms with Gasteiger partial charge in [0.1, 0.15) is 0 Å². The van der Waals surface area contributed by atoms with Gasteiger partial charge in [0.05, 0.1) is 18.4 Å². The molecule has 4 fully saturated rings. The molecule has 21 heavy (non-hydrogen) atoms. The molecule has 1 heterocycles. The van der Waals surface area contributed by atoms with Gasteiger partial charge in [0.2, 0.25) is 5.88 Å². The quantitative estimate of drug-likeness (QED) is 0.926. The zero-order chi connectivity index (χ0) is 14.6. The number of ether oxygens (including phenoxy) is 1. The van der Waals surface area contributed by atoms with Gasteiger partial charge in [-0.2, -0.15) is 5.10 Å². The van der Waals surface area contributed by atoms with Gasteiger partial charge in [-0.1, -0.05) is 0 Å². The highest BCUT2D eigenvalue weighted by atomic mass is 16.5. The van der Waals surface area contributed by atoms with Crippen molar-refractivity contribution in [2.45, 2.75) is 51.6 Å². The number of nitrogens with zero attached hydrogens (tertiary/aromatic N) is 2. The lowest BCUT2D eigenvalue weighted by Crippen LogP contribution is -2.54. The van der Waals surface area contributed by atoms with Gasteiger partial charge in [0.15, 0.2) is 0 Å². The second kappa shape index (κ2) is 5.01. The van der Waals surface area contributed by atoms with Crippen LogP contribution < -0.4 is 10.1 Å². The number of hydrogen-bond acceptors (Lipinski definition) is 3. The molecule has 0 amide bonds. The Balaban J connectivity index is 1.48. The lowest BCUT2D eigenvalue weighted by molar-refractivity contribution is -0.0143. The van der Waals surface area contributed by atoms with Crippen LogP contribution in [0.5, 0.6) is 5.88 Å². The maximum absolute atomic E-state index is 5.52. The Kier molecular flexibility index (Phi) is 3.25. The molecule has 0 radical (unpaired) electrons. The lowest BCUT2D eigenvalue weighted by atomic mass is 9.54. The topological polar surface area (TPSA) is 39.1 Å². The van der Waals surface area contributed by atoms with Gasteiger partial charge in [0, 0.05) is 19.6 Å². The van der Waals surface area contributed by atoms with Crippen molar-refractivity contribution in [2.24, 2.45) is 30.7 Å². The first-order chi connectivity index (χ1) is 10.2. The summed E-state index contributed by atoms with van der Waals surface area (Å²) >= 11 is 0. The van der Waals surface area contributed by atoms with Gasteiger partial charge < -0.3 is 10.1 Å². The average molecular weight is 289 g/mol. The highest BCUT2D eigenvalue weighted by molar-refractivity contribution is 5.30. The molecular formula is C17H27N3O. The van der Waals surface area contributed by atoms with Crippen molar-refractivity contribution < 1.29 is 4.74 Å². The van der Waals surface area contributed by atoms with E-state index in [1.807, 2.05) is 11.7 Å². The number of rotatable bonds is 4. The molecule has 0 unspecified atom stereocenters. The molecule has 4 aliphatic rings. The Hall–Kier alpha value is -1.03. The second-order valence-electron chi connectivity index (χ2n) is 7.53. The van der Waals surface area contributed by atoms with Gasteiger partial charge in [0.25, 0.3) is 0 Å². The summed E-state index contributed by atoms with van der Waals surface area (Å²) in [6.45, 7) is 2.98. The zero-order valence-corrected chi connectivity index (χ0v) is 13.4. The van der Waals surface area contributed by atoms with E-state index >= 15 is 0 Å². The molecule has 4 nitrogen and oxygen atoms in total. The fourth-order valence-electron chi connectivity index (χ4n) is 5.62. The second-order valence-corrected chi connectivity index (χ2v) is 7.53. The molecule has 0 aliphatic heterocycles. The van der Waals surface area contributed by atoms with Crippen LogP contribution in [0.3, 0.4) is 0 Å². The van der Waals surface area contributed by atoms with E-state index in [1.165, 1.54) is 37.7 Å². The minimum absolute atomic E-state index is 0.724. The van der Waals surface area contributed by atoms with E-state index in [4.69, 9.17) is 4.74 Å². The van der Waals surface area contributed by atoms with E-state index in [1.54, 1.807) is 7.11 Å². The summed E-state index contributed by atoms with van der Waals surface area (Å²) in [5.74, 6) is 4.83. The summed E-state index contributed by atoms with van der Waals surface area (Å²) in [5, 5.41) is 8.37. The molecule has 0 saturated heterocycles. The van der Waals surface area contributed by atoms with Crippen LogP contribution in [0.15, 0.2) is 0 Å². The van der Waals surface area contributed by atoms with Crippen molar-refractivity contribution in [1.29, 1.82) is 0 Å². The molecule has 5 rings (SSSR count). The van der Waals surface area contributed by atoms with Crippen LogP contribution in [0.1, 0.15) is 43.4 Å². The third-order valence-electron chi connectivity index (χ3n) is 6.22. The molecule has 0 aromatic carbocycles. The number of nitrogens with one attached hydrogen (secondary N) is 1. The minimum Gasteiger partial charge on any atom is -0.481 e. The third kappa shape index (κ3) is 2.19. The van der Waals surface area contributed by atoms with Crippen LogP contribution in [0, 0.1) is 30.6 Å². The Morgan fingerprint density at radius 3 is 2.33 bits per heavy atom. The van der Waals surface area contributed by atoms with E-state index in [-0.39, 0.29) is 0 Å². The summed E-state index contributed by atoms with van der Waals surface area (Å²) in [6, 6.07) is 0.724. The van der Waals surface area contributed by atoms with Gasteiger partial charge in [-0.05, 0) is 62.7 Å². The van der Waals surface area contributed by atoms with Crippen LogP contribution >= 0.6 is 0 Å². The van der Waals surface area contributed by atoms with E-state index in [2.05, 4.69) is 17.3 Å². The highest BCUT2D eigenvalue weighted by Crippen LogP contribution is 2.53. The SMILES string of the molecule is COc1c(CNC2C3CC4CC(C3)CC2C4)c(C)nn1C. The predicted octanol–water partition coefficient (Wildman–Crippen LogP) is 2.65. The van der Waals surface area contributed by atoms with Crippen LogP contribution in [0.4, 0.5) is 0 Å². The first kappa shape index (κ1) is 13.6. The number of aryl methyl sites for hydroxylation is 2. The monoisotopic (exact) mass is 289 g/mol. The Morgan fingerprint density at radius 2 is 1.76 bits per heavy atom. The van der Waals surface area contributed by atoms with E-state index in [0.29, 0.717) is 0 Å². The summed E-state index contributed by atoms with van der Waals surface area (Å²) in [5.41, 5.74) is 2.32. The molecule has 0 spiro atoms. The number of methoxy groups -OCH3 is 1. The molecule has 0 atom stereocenters. The molecule has 4 bridgehead atoms. The summed E-state index contributed by atoms with van der Waals surface area (Å²) in [6.07, 6.45) is 7.39. The fraction of sp³-hybridized carbons (Fsp3) is 0.824. The Bertz CT molecular complexity index is 508. The fourth-order valence-corrected chi connectivity index (χ4v) is 5.62. The third-order valence-corrected chi connectivity index (χ3v) is 6.22. The molecule has 1 aromatic heterocycles. The molecule has 116 valence electrons. The van der Waals surface area contributed by atoms with Crippen LogP contribution in [0.2, 0.25) is 0 Å². The smallest absolute Gasteiger partial charge is 0.216 e. The summed E-state index contributed by atoms with van der Waals surface area (Å²) in [7, 11) is 3.70. The maximum atomic E-state index is 5.52. The van der Waals surface area contributed by atoms with Gasteiger partial charge in [-0.3, -0.25) is 0 Å². The van der Waals surface area contributed by atoms with Crippen molar-refractivity contribution in [3.63, 3.8) is 0 Å². The number of aromatic nitrogens is 2.